The summed E-state index contributed by atoms with van der Waals surface area (Å²) in [6.45, 7) is 2.04. The molecular weight excluding hydrogens is 322 g/mol. The number of carbonyl (C=O) groups is 1. The molecule has 0 saturated carbocycles. The van der Waals surface area contributed by atoms with Crippen molar-refractivity contribution in [2.45, 2.75) is 31.8 Å². The molecule has 1 aliphatic carbocycles. The highest BCUT2D eigenvalue weighted by Gasteiger charge is 2.27. The number of hydrogen-bond donors (Lipinski definition) is 2. The Kier molecular flexibility index (Phi) is 5.39. The number of β-amino-alcohol motifs (C(OH)–C–C–N with tert-alkyl or cyclic N) is 1. The first-order valence-corrected chi connectivity index (χ1v) is 8.88. The van der Waals surface area contributed by atoms with Crippen LogP contribution in [0.2, 0.25) is 0 Å². The minimum absolute atomic E-state index is 0.0459. The molecule has 1 atom stereocenters. The molecule has 0 aromatic carbocycles. The van der Waals surface area contributed by atoms with Crippen molar-refractivity contribution >= 4 is 17.7 Å². The molecule has 25 heavy (non-hydrogen) atoms. The summed E-state index contributed by atoms with van der Waals surface area (Å²) in [4.78, 5) is 26.2. The van der Waals surface area contributed by atoms with E-state index in [1.807, 2.05) is 19.0 Å². The van der Waals surface area contributed by atoms with Crippen molar-refractivity contribution in [1.29, 1.82) is 0 Å². The highest BCUT2D eigenvalue weighted by molar-refractivity contribution is 5.69. The number of hydrogen-bond acceptors (Lipinski definition) is 7. The van der Waals surface area contributed by atoms with Crippen LogP contribution in [-0.4, -0.2) is 84.0 Å². The van der Waals surface area contributed by atoms with Crippen LogP contribution in [0.3, 0.4) is 0 Å². The van der Waals surface area contributed by atoms with E-state index in [0.717, 1.165) is 37.2 Å². The van der Waals surface area contributed by atoms with E-state index in [0.29, 0.717) is 32.1 Å². The van der Waals surface area contributed by atoms with E-state index >= 15 is 0 Å². The summed E-state index contributed by atoms with van der Waals surface area (Å²) in [6.07, 6.45) is 3.60. The standard InChI is InChI=1S/C17H27N5O3/c1-20(2)17-18-14-6-4-3-5-13(14)16(19-17)22-8-7-21(11-15(24)25)9-12(23)10-22/h12,23H,3-11H2,1-2H3,(H,24,25)/t12-/m1/s1. The average Bonchev–Trinajstić information content (AvgIpc) is 2.74. The van der Waals surface area contributed by atoms with E-state index < -0.39 is 12.1 Å². The van der Waals surface area contributed by atoms with Crippen LogP contribution in [0.15, 0.2) is 0 Å². The van der Waals surface area contributed by atoms with Gasteiger partial charge in [0.25, 0.3) is 0 Å². The Labute approximate surface area is 148 Å². The zero-order valence-electron chi connectivity index (χ0n) is 15.0. The van der Waals surface area contributed by atoms with Gasteiger partial charge in [0.15, 0.2) is 0 Å². The van der Waals surface area contributed by atoms with Crippen molar-refractivity contribution in [3.8, 4) is 0 Å². The van der Waals surface area contributed by atoms with Gasteiger partial charge >= 0.3 is 5.97 Å². The van der Waals surface area contributed by atoms with E-state index in [2.05, 4.69) is 4.90 Å². The third-order valence-electron chi connectivity index (χ3n) is 4.79. The lowest BCUT2D eigenvalue weighted by molar-refractivity contribution is -0.138. The minimum atomic E-state index is -0.866. The van der Waals surface area contributed by atoms with Gasteiger partial charge in [0.1, 0.15) is 5.82 Å². The number of carboxylic acids is 1. The molecule has 0 radical (unpaired) electrons. The smallest absolute Gasteiger partial charge is 0.317 e. The largest absolute Gasteiger partial charge is 0.480 e. The number of nitrogens with zero attached hydrogens (tertiary/aromatic N) is 5. The fourth-order valence-corrected chi connectivity index (χ4v) is 3.61. The fraction of sp³-hybridized carbons (Fsp3) is 0.706. The minimum Gasteiger partial charge on any atom is -0.480 e. The van der Waals surface area contributed by atoms with Crippen molar-refractivity contribution < 1.29 is 15.0 Å². The normalized spacial score (nSPS) is 21.6. The Balaban J connectivity index is 1.89. The van der Waals surface area contributed by atoms with Gasteiger partial charge in [-0.2, -0.15) is 4.98 Å². The summed E-state index contributed by atoms with van der Waals surface area (Å²) in [5, 5.41) is 19.4. The van der Waals surface area contributed by atoms with Crippen molar-refractivity contribution in [3.05, 3.63) is 11.3 Å². The Bertz CT molecular complexity index is 637. The number of anilines is 2. The molecule has 0 unspecified atom stereocenters. The number of rotatable bonds is 4. The quantitative estimate of drug-likeness (QED) is 0.784. The zero-order chi connectivity index (χ0) is 18.0. The molecule has 1 aromatic heterocycles. The number of fused-ring (bicyclic) bond motifs is 1. The van der Waals surface area contributed by atoms with E-state index in [9.17, 15) is 9.90 Å². The number of aromatic nitrogens is 2. The van der Waals surface area contributed by atoms with Crippen LogP contribution in [0.5, 0.6) is 0 Å². The second-order valence-corrected chi connectivity index (χ2v) is 7.10. The summed E-state index contributed by atoms with van der Waals surface area (Å²) in [6, 6.07) is 0. The van der Waals surface area contributed by atoms with Crippen LogP contribution in [-0.2, 0) is 17.6 Å². The lowest BCUT2D eigenvalue weighted by atomic mass is 9.96. The maximum atomic E-state index is 11.0. The maximum Gasteiger partial charge on any atom is 0.317 e. The summed E-state index contributed by atoms with van der Waals surface area (Å²) in [5.74, 6) is 0.733. The molecule has 1 aromatic rings. The zero-order valence-corrected chi connectivity index (χ0v) is 15.0. The van der Waals surface area contributed by atoms with Crippen molar-refractivity contribution in [2.75, 3.05) is 56.6 Å². The fourth-order valence-electron chi connectivity index (χ4n) is 3.61. The van der Waals surface area contributed by atoms with Gasteiger partial charge in [-0.3, -0.25) is 9.69 Å². The Morgan fingerprint density at radius 3 is 2.68 bits per heavy atom. The topological polar surface area (TPSA) is 93.0 Å². The van der Waals surface area contributed by atoms with Crippen molar-refractivity contribution in [3.63, 3.8) is 0 Å². The predicted octanol–water partition coefficient (Wildman–Crippen LogP) is -0.0111. The van der Waals surface area contributed by atoms with E-state index in [1.54, 1.807) is 4.90 Å². The van der Waals surface area contributed by atoms with E-state index in [-0.39, 0.29) is 6.54 Å². The lowest BCUT2D eigenvalue weighted by Gasteiger charge is -2.29. The first kappa shape index (κ1) is 17.9. The SMILES string of the molecule is CN(C)c1nc2c(c(N3CCN(CC(=O)O)C[C@@H](O)C3)n1)CCCC2. The summed E-state index contributed by atoms with van der Waals surface area (Å²) in [7, 11) is 3.86. The van der Waals surface area contributed by atoms with Gasteiger partial charge in [-0.25, -0.2) is 4.98 Å². The second kappa shape index (κ2) is 7.53. The molecule has 1 aliphatic heterocycles. The molecule has 2 N–H and O–H groups in total. The van der Waals surface area contributed by atoms with Gasteiger partial charge in [0.2, 0.25) is 5.95 Å². The number of carboxylic acid groups (broad SMARTS) is 1. The molecule has 3 rings (SSSR count). The van der Waals surface area contributed by atoms with Gasteiger partial charge in [-0.15, -0.1) is 0 Å². The van der Waals surface area contributed by atoms with Crippen molar-refractivity contribution in [2.24, 2.45) is 0 Å². The lowest BCUT2D eigenvalue weighted by Crippen LogP contribution is -2.36. The van der Waals surface area contributed by atoms with Gasteiger partial charge < -0.3 is 20.0 Å². The molecule has 1 saturated heterocycles. The number of aliphatic carboxylic acids is 1. The molecule has 8 heteroatoms. The number of aliphatic hydroxyl groups is 1. The molecule has 8 nitrogen and oxygen atoms in total. The Hall–Kier alpha value is -1.93. The molecule has 1 fully saturated rings. The Morgan fingerprint density at radius 1 is 1.20 bits per heavy atom. The Morgan fingerprint density at radius 2 is 1.96 bits per heavy atom. The van der Waals surface area contributed by atoms with E-state index in [1.165, 1.54) is 5.56 Å². The third kappa shape index (κ3) is 4.19. The highest BCUT2D eigenvalue weighted by atomic mass is 16.4. The van der Waals surface area contributed by atoms with Gasteiger partial charge in [-0.1, -0.05) is 0 Å². The molecule has 138 valence electrons. The van der Waals surface area contributed by atoms with Gasteiger partial charge in [0.05, 0.1) is 18.3 Å². The second-order valence-electron chi connectivity index (χ2n) is 7.10. The van der Waals surface area contributed by atoms with Crippen molar-refractivity contribution in [1.82, 2.24) is 14.9 Å². The van der Waals surface area contributed by atoms with Crippen LogP contribution < -0.4 is 9.80 Å². The van der Waals surface area contributed by atoms with Crippen LogP contribution in [0.4, 0.5) is 11.8 Å². The van der Waals surface area contributed by atoms with Crippen LogP contribution in [0, 0.1) is 0 Å². The summed E-state index contributed by atoms with van der Waals surface area (Å²) < 4.78 is 0. The first-order chi connectivity index (χ1) is 11.9. The molecule has 0 bridgehead atoms. The van der Waals surface area contributed by atoms with Crippen LogP contribution in [0.1, 0.15) is 24.1 Å². The molecule has 2 aliphatic rings. The van der Waals surface area contributed by atoms with Gasteiger partial charge in [-0.05, 0) is 25.7 Å². The van der Waals surface area contributed by atoms with Crippen LogP contribution >= 0.6 is 0 Å². The van der Waals surface area contributed by atoms with Gasteiger partial charge in [0, 0.05) is 45.8 Å². The highest BCUT2D eigenvalue weighted by Crippen LogP contribution is 2.30. The average molecular weight is 349 g/mol. The molecule has 2 heterocycles. The number of aryl methyl sites for hydroxylation is 1. The predicted molar refractivity (Wildman–Crippen MR) is 95.3 cm³/mol. The monoisotopic (exact) mass is 349 g/mol. The summed E-state index contributed by atoms with van der Waals surface area (Å²) >= 11 is 0. The molecule has 0 amide bonds. The third-order valence-corrected chi connectivity index (χ3v) is 4.79. The molecular formula is C17H27N5O3. The molecule has 0 spiro atoms. The van der Waals surface area contributed by atoms with Crippen LogP contribution in [0.25, 0.3) is 0 Å². The summed E-state index contributed by atoms with van der Waals surface area (Å²) in [5.41, 5.74) is 2.30. The first-order valence-electron chi connectivity index (χ1n) is 8.88. The van der Waals surface area contributed by atoms with E-state index in [4.69, 9.17) is 15.1 Å². The number of aliphatic hydroxyl groups excluding tert-OH is 1. The maximum absolute atomic E-state index is 11.0.